The fraction of sp³-hybridized carbons (Fsp3) is 0.733. The average Bonchev–Trinajstić information content (AvgIpc) is 3.04. The molecule has 0 unspecified atom stereocenters. The van der Waals surface area contributed by atoms with E-state index in [0.717, 1.165) is 37.4 Å². The SMILES string of the molecule is Cc1cc(C)n(C[C@@H](C)CNC(=O)NC[C@@H]2CCCO2)n1. The molecule has 118 valence electrons. The molecule has 1 aromatic heterocycles. The summed E-state index contributed by atoms with van der Waals surface area (Å²) >= 11 is 0. The minimum absolute atomic E-state index is 0.120. The first-order valence-corrected chi connectivity index (χ1v) is 7.69. The molecule has 1 fully saturated rings. The molecule has 2 heterocycles. The molecule has 2 atom stereocenters. The van der Waals surface area contributed by atoms with E-state index in [9.17, 15) is 4.79 Å². The van der Waals surface area contributed by atoms with Gasteiger partial charge in [-0.1, -0.05) is 6.92 Å². The second-order valence-electron chi connectivity index (χ2n) is 5.94. The van der Waals surface area contributed by atoms with Gasteiger partial charge < -0.3 is 15.4 Å². The first-order valence-electron chi connectivity index (χ1n) is 7.69. The van der Waals surface area contributed by atoms with Gasteiger partial charge in [0.25, 0.3) is 0 Å². The lowest BCUT2D eigenvalue weighted by molar-refractivity contribution is 0.111. The molecule has 2 rings (SSSR count). The third kappa shape index (κ3) is 5.04. The molecule has 2 N–H and O–H groups in total. The van der Waals surface area contributed by atoms with Crippen molar-refractivity contribution in [1.29, 1.82) is 0 Å². The number of nitrogens with zero attached hydrogens (tertiary/aromatic N) is 2. The minimum Gasteiger partial charge on any atom is -0.376 e. The number of aromatic nitrogens is 2. The van der Waals surface area contributed by atoms with Crippen LogP contribution >= 0.6 is 0 Å². The van der Waals surface area contributed by atoms with Gasteiger partial charge in [0.2, 0.25) is 0 Å². The summed E-state index contributed by atoms with van der Waals surface area (Å²) in [6.45, 7) is 9.00. The highest BCUT2D eigenvalue weighted by Crippen LogP contribution is 2.10. The number of urea groups is 1. The maximum Gasteiger partial charge on any atom is 0.314 e. The number of rotatable bonds is 6. The van der Waals surface area contributed by atoms with Crippen LogP contribution in [-0.4, -0.2) is 41.6 Å². The van der Waals surface area contributed by atoms with Crippen LogP contribution in [0.5, 0.6) is 0 Å². The van der Waals surface area contributed by atoms with Crippen molar-refractivity contribution in [2.75, 3.05) is 19.7 Å². The Morgan fingerprint density at radius 1 is 1.52 bits per heavy atom. The van der Waals surface area contributed by atoms with Crippen molar-refractivity contribution in [2.24, 2.45) is 5.92 Å². The van der Waals surface area contributed by atoms with Crippen LogP contribution in [-0.2, 0) is 11.3 Å². The second kappa shape index (κ2) is 7.45. The Morgan fingerprint density at radius 2 is 2.33 bits per heavy atom. The van der Waals surface area contributed by atoms with Gasteiger partial charge in [-0.3, -0.25) is 4.68 Å². The summed E-state index contributed by atoms with van der Waals surface area (Å²) in [7, 11) is 0. The fourth-order valence-corrected chi connectivity index (χ4v) is 2.56. The summed E-state index contributed by atoms with van der Waals surface area (Å²) in [5.41, 5.74) is 2.18. The largest absolute Gasteiger partial charge is 0.376 e. The predicted octanol–water partition coefficient (Wildman–Crippen LogP) is 1.61. The highest BCUT2D eigenvalue weighted by atomic mass is 16.5. The Kier molecular flexibility index (Phi) is 5.61. The third-order valence-electron chi connectivity index (χ3n) is 3.71. The van der Waals surface area contributed by atoms with Gasteiger partial charge >= 0.3 is 6.03 Å². The van der Waals surface area contributed by atoms with Crippen molar-refractivity contribution in [3.8, 4) is 0 Å². The number of amides is 2. The number of ether oxygens (including phenoxy) is 1. The smallest absolute Gasteiger partial charge is 0.314 e. The molecule has 1 aliphatic rings. The topological polar surface area (TPSA) is 68.2 Å². The molecule has 0 aromatic carbocycles. The van der Waals surface area contributed by atoms with E-state index in [4.69, 9.17) is 4.74 Å². The van der Waals surface area contributed by atoms with Crippen LogP contribution in [0.15, 0.2) is 6.07 Å². The van der Waals surface area contributed by atoms with E-state index in [1.54, 1.807) is 0 Å². The number of aryl methyl sites for hydroxylation is 2. The Bertz CT molecular complexity index is 466. The van der Waals surface area contributed by atoms with Gasteiger partial charge in [0.1, 0.15) is 0 Å². The molecular formula is C15H26N4O2. The number of carbonyl (C=O) groups is 1. The molecule has 0 aliphatic carbocycles. The van der Waals surface area contributed by atoms with E-state index in [1.165, 1.54) is 0 Å². The van der Waals surface area contributed by atoms with Gasteiger partial charge in [0, 0.05) is 31.9 Å². The highest BCUT2D eigenvalue weighted by molar-refractivity contribution is 5.73. The van der Waals surface area contributed by atoms with Crippen molar-refractivity contribution in [1.82, 2.24) is 20.4 Å². The summed E-state index contributed by atoms with van der Waals surface area (Å²) in [5.74, 6) is 0.330. The van der Waals surface area contributed by atoms with E-state index in [2.05, 4.69) is 35.6 Å². The van der Waals surface area contributed by atoms with Crippen molar-refractivity contribution < 1.29 is 9.53 Å². The molecule has 2 amide bonds. The zero-order chi connectivity index (χ0) is 15.2. The van der Waals surface area contributed by atoms with Crippen LogP contribution in [0.25, 0.3) is 0 Å². The first-order chi connectivity index (χ1) is 10.0. The molecule has 0 bridgehead atoms. The molecule has 0 radical (unpaired) electrons. The molecule has 0 saturated carbocycles. The lowest BCUT2D eigenvalue weighted by Gasteiger charge is -2.15. The van der Waals surface area contributed by atoms with Crippen LogP contribution in [0.3, 0.4) is 0 Å². The fourth-order valence-electron chi connectivity index (χ4n) is 2.56. The zero-order valence-electron chi connectivity index (χ0n) is 13.2. The molecule has 1 aliphatic heterocycles. The average molecular weight is 294 g/mol. The predicted molar refractivity (Wildman–Crippen MR) is 81.2 cm³/mol. The van der Waals surface area contributed by atoms with Crippen molar-refractivity contribution >= 4 is 6.03 Å². The molecular weight excluding hydrogens is 268 g/mol. The van der Waals surface area contributed by atoms with E-state index in [-0.39, 0.29) is 12.1 Å². The molecule has 6 heteroatoms. The molecule has 21 heavy (non-hydrogen) atoms. The Labute approximate surface area is 126 Å². The summed E-state index contributed by atoms with van der Waals surface area (Å²) in [4.78, 5) is 11.7. The Balaban J connectivity index is 1.64. The lowest BCUT2D eigenvalue weighted by Crippen LogP contribution is -2.41. The van der Waals surface area contributed by atoms with Crippen molar-refractivity contribution in [3.05, 3.63) is 17.5 Å². The van der Waals surface area contributed by atoms with Crippen LogP contribution in [0, 0.1) is 19.8 Å². The van der Waals surface area contributed by atoms with Gasteiger partial charge in [-0.25, -0.2) is 4.79 Å². The summed E-state index contributed by atoms with van der Waals surface area (Å²) in [6.07, 6.45) is 2.31. The lowest BCUT2D eigenvalue weighted by atomic mass is 10.2. The monoisotopic (exact) mass is 294 g/mol. The van der Waals surface area contributed by atoms with E-state index in [0.29, 0.717) is 19.0 Å². The number of nitrogens with one attached hydrogen (secondary N) is 2. The molecule has 0 spiro atoms. The molecule has 1 saturated heterocycles. The van der Waals surface area contributed by atoms with Gasteiger partial charge in [-0.2, -0.15) is 5.10 Å². The van der Waals surface area contributed by atoms with Crippen molar-refractivity contribution in [2.45, 2.75) is 46.3 Å². The normalized spacial score (nSPS) is 19.5. The zero-order valence-corrected chi connectivity index (χ0v) is 13.2. The maximum absolute atomic E-state index is 11.7. The summed E-state index contributed by atoms with van der Waals surface area (Å²) in [5, 5.41) is 10.2. The number of carbonyl (C=O) groups excluding carboxylic acids is 1. The highest BCUT2D eigenvalue weighted by Gasteiger charge is 2.16. The number of hydrogen-bond donors (Lipinski definition) is 2. The van der Waals surface area contributed by atoms with Gasteiger partial charge in [0.05, 0.1) is 11.8 Å². The Morgan fingerprint density at radius 3 is 2.95 bits per heavy atom. The van der Waals surface area contributed by atoms with Crippen LogP contribution in [0.1, 0.15) is 31.2 Å². The second-order valence-corrected chi connectivity index (χ2v) is 5.94. The Hall–Kier alpha value is -1.56. The minimum atomic E-state index is -0.120. The maximum atomic E-state index is 11.7. The van der Waals surface area contributed by atoms with Crippen molar-refractivity contribution in [3.63, 3.8) is 0 Å². The number of hydrogen-bond acceptors (Lipinski definition) is 3. The van der Waals surface area contributed by atoms with Crippen LogP contribution in [0.4, 0.5) is 4.79 Å². The van der Waals surface area contributed by atoms with Gasteiger partial charge in [-0.05, 0) is 38.7 Å². The first kappa shape index (κ1) is 15.8. The quantitative estimate of drug-likeness (QED) is 0.837. The van der Waals surface area contributed by atoms with Crippen LogP contribution < -0.4 is 10.6 Å². The molecule has 6 nitrogen and oxygen atoms in total. The third-order valence-corrected chi connectivity index (χ3v) is 3.71. The van der Waals surface area contributed by atoms with Gasteiger partial charge in [-0.15, -0.1) is 0 Å². The molecule has 1 aromatic rings. The van der Waals surface area contributed by atoms with Crippen LogP contribution in [0.2, 0.25) is 0 Å². The van der Waals surface area contributed by atoms with E-state index < -0.39 is 0 Å². The van der Waals surface area contributed by atoms with Gasteiger partial charge in [0.15, 0.2) is 0 Å². The standard InChI is InChI=1S/C15H26N4O2/c1-11(10-19-13(3)7-12(2)18-19)8-16-15(20)17-9-14-5-4-6-21-14/h7,11,14H,4-6,8-10H2,1-3H3,(H2,16,17,20)/t11-,14-/m0/s1. The van der Waals surface area contributed by atoms with E-state index in [1.807, 2.05) is 11.6 Å². The summed E-state index contributed by atoms with van der Waals surface area (Å²) in [6, 6.07) is 1.94. The van der Waals surface area contributed by atoms with E-state index >= 15 is 0 Å². The summed E-state index contributed by atoms with van der Waals surface area (Å²) < 4.78 is 7.46.